The second-order valence-corrected chi connectivity index (χ2v) is 7.96. The number of anilines is 1. The quantitative estimate of drug-likeness (QED) is 0.279. The molecule has 2 N–H and O–H groups in total. The molecule has 0 spiro atoms. The maximum Gasteiger partial charge on any atom is 0.0555 e. The fourth-order valence-electron chi connectivity index (χ4n) is 3.64. The fourth-order valence-corrected chi connectivity index (χ4v) is 3.64. The second kappa shape index (κ2) is 15.4. The van der Waals surface area contributed by atoms with Crippen LogP contribution in [-0.4, -0.2) is 109 Å². The number of rotatable bonds is 8. The van der Waals surface area contributed by atoms with Gasteiger partial charge in [0.15, 0.2) is 0 Å². The van der Waals surface area contributed by atoms with Crippen LogP contribution in [0.1, 0.15) is 5.56 Å². The molecule has 11 nitrogen and oxygen atoms in total. The molecule has 1 heterocycles. The normalized spacial score (nSPS) is 17.9. The number of nitrogens with zero attached hydrogens (tertiary/aromatic N) is 4. The number of carbonyl (C=O) groups is 3. The summed E-state index contributed by atoms with van der Waals surface area (Å²) in [6, 6.07) is 7.45. The third-order valence-corrected chi connectivity index (χ3v) is 5.37. The summed E-state index contributed by atoms with van der Waals surface area (Å²) in [5.74, 6) is -3.65. The van der Waals surface area contributed by atoms with Gasteiger partial charge in [0.2, 0.25) is 0 Å². The number of benzene rings is 1. The fraction of sp³-hybridized carbons (Fsp3) is 0.571. The third kappa shape index (κ3) is 12.5. The van der Waals surface area contributed by atoms with Crippen LogP contribution in [0.25, 0.3) is 0 Å². The number of carboxylic acid groups (broad SMARTS) is 3. The molecule has 0 bridgehead atoms. The first-order valence-electron chi connectivity index (χ1n) is 10.5. The summed E-state index contributed by atoms with van der Waals surface area (Å²) in [6.45, 7) is 2.97. The van der Waals surface area contributed by atoms with Gasteiger partial charge in [0.05, 0.1) is 17.9 Å². The smallest absolute Gasteiger partial charge is 0.0555 e. The van der Waals surface area contributed by atoms with Gasteiger partial charge in [0.1, 0.15) is 0 Å². The summed E-state index contributed by atoms with van der Waals surface area (Å²) >= 11 is 0. The number of nitrogen functional groups attached to an aromatic ring is 1. The summed E-state index contributed by atoms with van der Waals surface area (Å²) in [6.07, 6.45) is 0. The predicted molar refractivity (Wildman–Crippen MR) is 110 cm³/mol. The topological polar surface area (TPSA) is 159 Å². The first-order chi connectivity index (χ1) is 15.2. The predicted octanol–water partition coefficient (Wildman–Crippen LogP) is -4.76. The Morgan fingerprint density at radius 3 is 1.24 bits per heavy atom. The molecule has 1 fully saturated rings. The van der Waals surface area contributed by atoms with E-state index in [-0.39, 0.29) is 56.5 Å². The monoisotopic (exact) mass is 617 g/mol. The molecule has 1 aromatic carbocycles. The van der Waals surface area contributed by atoms with Crippen LogP contribution in [0, 0.1) is 36.9 Å². The molecule has 1 radical (unpaired) electrons. The van der Waals surface area contributed by atoms with Gasteiger partial charge in [-0.2, -0.15) is 0 Å². The van der Waals surface area contributed by atoms with Gasteiger partial charge in [-0.1, -0.05) is 12.1 Å². The first kappa shape index (κ1) is 29.5. The molecular formula is C21H30N5O6Tm-3. The average molecular weight is 617 g/mol. The molecule has 1 aromatic rings. The van der Waals surface area contributed by atoms with E-state index in [1.165, 1.54) is 0 Å². The van der Waals surface area contributed by atoms with E-state index < -0.39 is 17.9 Å². The van der Waals surface area contributed by atoms with Crippen LogP contribution < -0.4 is 21.1 Å². The minimum absolute atomic E-state index is 0. The average Bonchev–Trinajstić information content (AvgIpc) is 2.70. The summed E-state index contributed by atoms with van der Waals surface area (Å²) in [5.41, 5.74) is 7.44. The summed E-state index contributed by atoms with van der Waals surface area (Å²) in [5, 5.41) is 33.5. The summed E-state index contributed by atoms with van der Waals surface area (Å²) in [7, 11) is 0. The van der Waals surface area contributed by atoms with E-state index in [0.717, 1.165) is 5.56 Å². The SMILES string of the molecule is Nc1ccc(CN2CCN(CC(=O)[O-])CCN(CC(=O)[O-])CCN(CC(=O)[O-])CC2)cc1.[Tm]. The van der Waals surface area contributed by atoms with Gasteiger partial charge < -0.3 is 35.4 Å². The van der Waals surface area contributed by atoms with Crippen molar-refractivity contribution in [2.24, 2.45) is 0 Å². The zero-order valence-corrected chi connectivity index (χ0v) is 20.2. The third-order valence-electron chi connectivity index (χ3n) is 5.37. The minimum atomic E-state index is -1.25. The van der Waals surface area contributed by atoms with Crippen LogP contribution >= 0.6 is 0 Å². The molecule has 2 rings (SSSR count). The Balaban J connectivity index is 0.00000544. The van der Waals surface area contributed by atoms with Crippen molar-refractivity contribution in [1.82, 2.24) is 19.6 Å². The van der Waals surface area contributed by atoms with Crippen LogP contribution in [0.2, 0.25) is 0 Å². The Hall–Kier alpha value is -1.50. The Bertz CT molecular complexity index is 734. The molecule has 12 heteroatoms. The Kier molecular flexibility index (Phi) is 13.8. The van der Waals surface area contributed by atoms with E-state index >= 15 is 0 Å². The van der Waals surface area contributed by atoms with Crippen molar-refractivity contribution in [2.75, 3.05) is 77.7 Å². The Morgan fingerprint density at radius 2 is 0.939 bits per heavy atom. The van der Waals surface area contributed by atoms with E-state index in [1.807, 2.05) is 24.3 Å². The van der Waals surface area contributed by atoms with Gasteiger partial charge in [0.25, 0.3) is 0 Å². The standard InChI is InChI=1S/C21H33N5O6.Tm/c22-18-3-1-17(2-4-18)13-23-5-7-24(14-19(27)28)9-11-26(16-21(31)32)12-10-25(8-6-23)15-20(29)30;/h1-4H,5-16,22H2,(H,27,28)(H,29,30)(H,31,32);/p-3. The maximum atomic E-state index is 11.2. The largest absolute Gasteiger partial charge is 0.549 e. The second-order valence-electron chi connectivity index (χ2n) is 7.96. The Labute approximate surface area is 222 Å². The molecule has 0 aromatic heterocycles. The van der Waals surface area contributed by atoms with E-state index in [0.29, 0.717) is 64.6 Å². The molecule has 1 aliphatic rings. The maximum absolute atomic E-state index is 11.2. The van der Waals surface area contributed by atoms with Crippen LogP contribution in [0.15, 0.2) is 24.3 Å². The zero-order chi connectivity index (χ0) is 23.5. The van der Waals surface area contributed by atoms with Gasteiger partial charge in [-0.15, -0.1) is 0 Å². The molecule has 33 heavy (non-hydrogen) atoms. The number of aliphatic carboxylic acids is 3. The van der Waals surface area contributed by atoms with E-state index in [9.17, 15) is 29.7 Å². The molecular weight excluding hydrogens is 587 g/mol. The van der Waals surface area contributed by atoms with Crippen molar-refractivity contribution in [2.45, 2.75) is 6.54 Å². The van der Waals surface area contributed by atoms with Crippen LogP contribution in [0.5, 0.6) is 0 Å². The first-order valence-corrected chi connectivity index (χ1v) is 10.5. The van der Waals surface area contributed by atoms with E-state index in [4.69, 9.17) is 5.73 Å². The van der Waals surface area contributed by atoms with Crippen molar-refractivity contribution in [3.05, 3.63) is 29.8 Å². The van der Waals surface area contributed by atoms with Crippen molar-refractivity contribution in [1.29, 1.82) is 0 Å². The minimum Gasteiger partial charge on any atom is -0.549 e. The molecule has 1 saturated heterocycles. The Morgan fingerprint density at radius 1 is 0.636 bits per heavy atom. The van der Waals surface area contributed by atoms with Gasteiger partial charge in [-0.05, 0) is 17.7 Å². The van der Waals surface area contributed by atoms with E-state index in [2.05, 4.69) is 4.90 Å². The molecule has 0 saturated carbocycles. The van der Waals surface area contributed by atoms with Crippen molar-refractivity contribution >= 4 is 23.6 Å². The molecule has 0 unspecified atom stereocenters. The van der Waals surface area contributed by atoms with Gasteiger partial charge in [-0.25, -0.2) is 0 Å². The summed E-state index contributed by atoms with van der Waals surface area (Å²) in [4.78, 5) is 40.6. The van der Waals surface area contributed by atoms with Gasteiger partial charge >= 0.3 is 0 Å². The molecule has 0 amide bonds. The molecule has 191 valence electrons. The molecule has 1 aliphatic heterocycles. The van der Waals surface area contributed by atoms with Gasteiger partial charge in [0, 0.05) is 121 Å². The van der Waals surface area contributed by atoms with Crippen LogP contribution in [-0.2, 0) is 20.9 Å². The molecule has 0 aliphatic carbocycles. The number of nitrogens with two attached hydrogens (primary N) is 1. The zero-order valence-electron chi connectivity index (χ0n) is 18.4. The van der Waals surface area contributed by atoms with Crippen molar-refractivity contribution in [3.8, 4) is 0 Å². The van der Waals surface area contributed by atoms with Crippen molar-refractivity contribution in [3.63, 3.8) is 0 Å². The number of carboxylic acids is 3. The number of carbonyl (C=O) groups excluding carboxylic acids is 3. The van der Waals surface area contributed by atoms with Crippen LogP contribution in [0.4, 0.5) is 5.69 Å². The summed E-state index contributed by atoms with van der Waals surface area (Å²) < 4.78 is 0. The van der Waals surface area contributed by atoms with E-state index in [1.54, 1.807) is 14.7 Å². The van der Waals surface area contributed by atoms with Crippen molar-refractivity contribution < 1.29 is 66.6 Å². The van der Waals surface area contributed by atoms with Gasteiger partial charge in [-0.3, -0.25) is 19.6 Å². The van der Waals surface area contributed by atoms with Crippen LogP contribution in [0.3, 0.4) is 0 Å². The number of hydrogen-bond donors (Lipinski definition) is 1. The number of hydrogen-bond acceptors (Lipinski definition) is 11. The molecule has 0 atom stereocenters.